The quantitative estimate of drug-likeness (QED) is 0.167. The second-order valence-electron chi connectivity index (χ2n) is 8.45. The molecule has 0 saturated carbocycles. The van der Waals surface area contributed by atoms with E-state index in [1.807, 2.05) is 35.7 Å². The number of hydrogen-bond acceptors (Lipinski definition) is 11. The number of nitrogens with one attached hydrogen (secondary N) is 2. The first-order chi connectivity index (χ1) is 20.0. The van der Waals surface area contributed by atoms with E-state index in [9.17, 15) is 14.4 Å². The van der Waals surface area contributed by atoms with Crippen LogP contribution in [0.25, 0.3) is 11.3 Å². The summed E-state index contributed by atoms with van der Waals surface area (Å²) in [6.45, 7) is 0.570. The highest BCUT2D eigenvalue weighted by atomic mass is 32.1. The molecule has 0 bridgehead atoms. The van der Waals surface area contributed by atoms with Crippen LogP contribution < -0.4 is 15.8 Å². The molecule has 0 unspecified atom stereocenters. The number of carboxylic acid groups (broad SMARTS) is 1. The van der Waals surface area contributed by atoms with Gasteiger partial charge in [-0.2, -0.15) is 15.2 Å². The summed E-state index contributed by atoms with van der Waals surface area (Å²) in [5, 5.41) is 26.0. The summed E-state index contributed by atoms with van der Waals surface area (Å²) in [5.41, 5.74) is 5.97. The summed E-state index contributed by atoms with van der Waals surface area (Å²) in [6.07, 6.45) is 1.56. The van der Waals surface area contributed by atoms with Crippen LogP contribution in [0.2, 0.25) is 0 Å². The third kappa shape index (κ3) is 6.87. The zero-order valence-electron chi connectivity index (χ0n) is 21.4. The molecule has 0 fully saturated rings. The minimum atomic E-state index is -0.934. The lowest BCUT2D eigenvalue weighted by atomic mass is 10.1. The molecule has 2 amide bonds. The van der Waals surface area contributed by atoms with Gasteiger partial charge in [0.15, 0.2) is 5.71 Å². The van der Waals surface area contributed by atoms with E-state index in [0.29, 0.717) is 27.2 Å². The number of nitrogens with zero attached hydrogens (tertiary/aromatic N) is 5. The van der Waals surface area contributed by atoms with Gasteiger partial charge in [0.2, 0.25) is 10.3 Å². The highest BCUT2D eigenvalue weighted by Crippen LogP contribution is 2.30. The molecule has 12 nitrogen and oxygen atoms in total. The highest BCUT2D eigenvalue weighted by Gasteiger charge is 2.35. The number of aromatic nitrogens is 2. The zero-order valence-corrected chi connectivity index (χ0v) is 23.0. The van der Waals surface area contributed by atoms with Gasteiger partial charge in [-0.1, -0.05) is 42.5 Å². The monoisotopic (exact) mass is 589 g/mol. The maximum atomic E-state index is 13.4. The van der Waals surface area contributed by atoms with Gasteiger partial charge >= 0.3 is 11.9 Å². The molecular weight excluding hydrogens is 566 g/mol. The first kappa shape index (κ1) is 27.8. The van der Waals surface area contributed by atoms with Gasteiger partial charge in [-0.25, -0.2) is 9.97 Å². The van der Waals surface area contributed by atoms with E-state index >= 15 is 0 Å². The first-order valence-electron chi connectivity index (χ1n) is 12.4. The predicted molar refractivity (Wildman–Crippen MR) is 157 cm³/mol. The van der Waals surface area contributed by atoms with Crippen molar-refractivity contribution in [3.63, 3.8) is 0 Å². The van der Waals surface area contributed by atoms with Crippen molar-refractivity contribution >= 4 is 62.1 Å². The number of hydrazone groups is 2. The van der Waals surface area contributed by atoms with Crippen molar-refractivity contribution in [2.24, 2.45) is 10.2 Å². The fraction of sp³-hybridized carbons (Fsp3) is 0.148. The molecule has 0 radical (unpaired) electrons. The second-order valence-corrected chi connectivity index (χ2v) is 10.2. The maximum Gasteiger partial charge on any atom is 0.305 e. The summed E-state index contributed by atoms with van der Waals surface area (Å²) >= 11 is 2.62. The molecule has 2 aromatic heterocycles. The van der Waals surface area contributed by atoms with Crippen LogP contribution in [-0.2, 0) is 14.3 Å². The standard InChI is InChI=1S/C27H23N7O5S2/c35-21(36)10-13-39-14-11-28-24(37)19-8-6-17(7-9-19)20-16-41-27(30-20)34-25(38)23(31-32-26-29-12-15-40-26)22(33-34)18-4-2-1-3-5-18/h1-9,12,15-16H,10-11,13-14H2,(H,28,37)(H,29,32)(H,35,36)/b31-23+. The topological polar surface area (TPSA) is 158 Å². The van der Waals surface area contributed by atoms with Crippen molar-refractivity contribution in [3.05, 3.63) is 82.7 Å². The van der Waals surface area contributed by atoms with Crippen molar-refractivity contribution in [2.45, 2.75) is 6.42 Å². The summed E-state index contributed by atoms with van der Waals surface area (Å²) in [5.74, 6) is -1.63. The average Bonchev–Trinajstić information content (AvgIpc) is 3.75. The van der Waals surface area contributed by atoms with Gasteiger partial charge in [0.25, 0.3) is 5.91 Å². The van der Waals surface area contributed by atoms with E-state index in [-0.39, 0.29) is 37.8 Å². The number of carboxylic acids is 1. The number of amides is 2. The molecule has 3 N–H and O–H groups in total. The van der Waals surface area contributed by atoms with Crippen molar-refractivity contribution in [3.8, 4) is 11.3 Å². The van der Waals surface area contributed by atoms with Crippen LogP contribution in [0.1, 0.15) is 22.3 Å². The number of thiazole rings is 2. The molecule has 1 aliphatic rings. The van der Waals surface area contributed by atoms with E-state index in [0.717, 1.165) is 11.1 Å². The number of benzene rings is 2. The first-order valence-corrected chi connectivity index (χ1v) is 14.1. The third-order valence-electron chi connectivity index (χ3n) is 5.67. The van der Waals surface area contributed by atoms with E-state index in [1.165, 1.54) is 27.7 Å². The largest absolute Gasteiger partial charge is 0.481 e. The number of hydrogen-bond donors (Lipinski definition) is 3. The van der Waals surface area contributed by atoms with Crippen LogP contribution in [0.3, 0.4) is 0 Å². The molecule has 2 aromatic carbocycles. The number of aliphatic carboxylic acids is 1. The normalized spacial score (nSPS) is 13.9. The van der Waals surface area contributed by atoms with Gasteiger partial charge in [-0.15, -0.1) is 22.7 Å². The molecule has 208 valence electrons. The van der Waals surface area contributed by atoms with Crippen LogP contribution in [0.15, 0.2) is 81.8 Å². The number of carbonyl (C=O) groups is 3. The molecule has 1 aliphatic heterocycles. The Hall–Kier alpha value is -4.79. The fourth-order valence-corrected chi connectivity index (χ4v) is 4.94. The van der Waals surface area contributed by atoms with Gasteiger partial charge < -0.3 is 15.2 Å². The molecule has 0 saturated heterocycles. The van der Waals surface area contributed by atoms with Crippen LogP contribution in [0.4, 0.5) is 10.3 Å². The van der Waals surface area contributed by atoms with Gasteiger partial charge in [0.05, 0.1) is 25.3 Å². The Morgan fingerprint density at radius 1 is 1.02 bits per heavy atom. The van der Waals surface area contributed by atoms with Crippen LogP contribution in [-0.4, -0.2) is 64.0 Å². The van der Waals surface area contributed by atoms with Gasteiger partial charge in [-0.05, 0) is 12.1 Å². The number of rotatable bonds is 12. The Bertz CT molecular complexity index is 1590. The summed E-state index contributed by atoms with van der Waals surface area (Å²) in [4.78, 5) is 45.1. The van der Waals surface area contributed by atoms with Crippen molar-refractivity contribution in [2.75, 3.05) is 30.2 Å². The van der Waals surface area contributed by atoms with Gasteiger partial charge in [0.1, 0.15) is 5.71 Å². The smallest absolute Gasteiger partial charge is 0.305 e. The van der Waals surface area contributed by atoms with E-state index in [4.69, 9.17) is 9.84 Å². The molecule has 0 spiro atoms. The highest BCUT2D eigenvalue weighted by molar-refractivity contribution is 7.14. The Balaban J connectivity index is 1.27. The lowest BCUT2D eigenvalue weighted by Crippen LogP contribution is -2.28. The zero-order chi connectivity index (χ0) is 28.6. The number of ether oxygens (including phenoxy) is 1. The Kier molecular flexibility index (Phi) is 8.83. The Morgan fingerprint density at radius 2 is 1.83 bits per heavy atom. The second kappa shape index (κ2) is 13.0. The fourth-order valence-electron chi connectivity index (χ4n) is 3.68. The molecule has 41 heavy (non-hydrogen) atoms. The summed E-state index contributed by atoms with van der Waals surface area (Å²) < 4.78 is 5.18. The molecule has 3 heterocycles. The molecule has 14 heteroatoms. The van der Waals surface area contributed by atoms with Crippen molar-refractivity contribution in [1.29, 1.82) is 0 Å². The lowest BCUT2D eigenvalue weighted by molar-refractivity contribution is -0.138. The molecule has 5 rings (SSSR count). The van der Waals surface area contributed by atoms with Crippen LogP contribution >= 0.6 is 22.7 Å². The maximum absolute atomic E-state index is 13.4. The van der Waals surface area contributed by atoms with Crippen LogP contribution in [0.5, 0.6) is 0 Å². The van der Waals surface area contributed by atoms with Crippen LogP contribution in [0, 0.1) is 0 Å². The van der Waals surface area contributed by atoms with Crippen molar-refractivity contribution < 1.29 is 24.2 Å². The predicted octanol–water partition coefficient (Wildman–Crippen LogP) is 3.71. The third-order valence-corrected chi connectivity index (χ3v) is 7.16. The van der Waals surface area contributed by atoms with E-state index in [1.54, 1.807) is 35.8 Å². The Labute approximate surface area is 242 Å². The minimum absolute atomic E-state index is 0.0839. The Morgan fingerprint density at radius 3 is 2.56 bits per heavy atom. The lowest BCUT2D eigenvalue weighted by Gasteiger charge is -2.07. The van der Waals surface area contributed by atoms with E-state index in [2.05, 4.69) is 30.9 Å². The van der Waals surface area contributed by atoms with Gasteiger partial charge in [0, 0.05) is 40.2 Å². The molecular formula is C27H23N7O5S2. The van der Waals surface area contributed by atoms with Crippen molar-refractivity contribution in [1.82, 2.24) is 15.3 Å². The minimum Gasteiger partial charge on any atom is -0.481 e. The van der Waals surface area contributed by atoms with E-state index < -0.39 is 11.9 Å². The average molecular weight is 590 g/mol. The number of anilines is 2. The SMILES string of the molecule is O=C(O)CCOCCNC(=O)c1ccc(-c2csc(N3N=C(c4ccccc4)/C(=N\Nc4nccs4)C3=O)n2)cc1. The van der Waals surface area contributed by atoms with Gasteiger partial charge in [-0.3, -0.25) is 19.8 Å². The molecule has 4 aromatic rings. The summed E-state index contributed by atoms with van der Waals surface area (Å²) in [6, 6.07) is 16.2. The molecule has 0 atom stereocenters. The number of carbonyl (C=O) groups excluding carboxylic acids is 2. The molecule has 0 aliphatic carbocycles. The summed E-state index contributed by atoms with van der Waals surface area (Å²) in [7, 11) is 0.